The Morgan fingerprint density at radius 2 is 1.75 bits per heavy atom. The van der Waals surface area contributed by atoms with Gasteiger partial charge in [0, 0.05) is 20.1 Å². The van der Waals surface area contributed by atoms with Crippen LogP contribution in [0.4, 0.5) is 23.7 Å². The lowest BCUT2D eigenvalue weighted by Gasteiger charge is -2.25. The van der Waals surface area contributed by atoms with Gasteiger partial charge >= 0.3 is 12.0 Å². The Bertz CT molecular complexity index is 1150. The number of aryl methyl sites for hydroxylation is 1. The molecule has 2 aromatic carbocycles. The summed E-state index contributed by atoms with van der Waals surface area (Å²) < 4.78 is 45.2. The van der Waals surface area contributed by atoms with E-state index < -0.39 is 30.4 Å². The van der Waals surface area contributed by atoms with Crippen LogP contribution in [0.1, 0.15) is 25.0 Å². The zero-order valence-corrected chi connectivity index (χ0v) is 23.2. The first-order valence-corrected chi connectivity index (χ1v) is 12.1. The molecule has 10 nitrogen and oxygen atoms in total. The van der Waals surface area contributed by atoms with E-state index in [1.807, 2.05) is 0 Å². The molecular formula is C27H35F3N4O6. The maximum atomic E-state index is 12.9. The number of nitrogens with one attached hydrogen (secondary N) is 1. The van der Waals surface area contributed by atoms with Gasteiger partial charge in [0.05, 0.1) is 25.9 Å². The number of benzene rings is 2. The number of aromatic hydroxyl groups is 1. The number of carbonyl (C=O) groups excluding carboxylic acids is 3. The summed E-state index contributed by atoms with van der Waals surface area (Å²) in [6.45, 7) is 4.51. The molecule has 40 heavy (non-hydrogen) atoms. The second kappa shape index (κ2) is 16.6. The highest BCUT2D eigenvalue weighted by atomic mass is 19.3. The van der Waals surface area contributed by atoms with Gasteiger partial charge in [-0.2, -0.15) is 0 Å². The summed E-state index contributed by atoms with van der Waals surface area (Å²) in [5.74, 6) is -0.906. The van der Waals surface area contributed by atoms with E-state index in [0.717, 1.165) is 10.5 Å². The number of phenols is 1. The highest BCUT2D eigenvalue weighted by Gasteiger charge is 2.23. The monoisotopic (exact) mass is 568 g/mol. The van der Waals surface area contributed by atoms with Gasteiger partial charge in [-0.25, -0.2) is 18.6 Å². The lowest BCUT2D eigenvalue weighted by Crippen LogP contribution is -2.49. The summed E-state index contributed by atoms with van der Waals surface area (Å²) in [4.78, 5) is 43.2. The van der Waals surface area contributed by atoms with Gasteiger partial charge in [-0.1, -0.05) is 19.1 Å². The molecule has 220 valence electrons. The molecule has 0 aliphatic carbocycles. The number of esters is 1. The second-order valence-corrected chi connectivity index (χ2v) is 8.68. The molecule has 1 unspecified atom stereocenters. The molecular weight excluding hydrogens is 533 g/mol. The molecule has 2 N–H and O–H groups in total. The Labute approximate surface area is 231 Å². The highest BCUT2D eigenvalue weighted by molar-refractivity contribution is 6.00. The van der Waals surface area contributed by atoms with Crippen molar-refractivity contribution < 1.29 is 42.1 Å². The fourth-order valence-electron chi connectivity index (χ4n) is 3.28. The van der Waals surface area contributed by atoms with Crippen molar-refractivity contribution >= 4 is 30.1 Å². The fraction of sp³-hybridized carbons (Fsp3) is 0.407. The number of imide groups is 1. The average molecular weight is 569 g/mol. The summed E-state index contributed by atoms with van der Waals surface area (Å²) >= 11 is 0. The van der Waals surface area contributed by atoms with E-state index in [1.165, 1.54) is 45.2 Å². The van der Waals surface area contributed by atoms with Crippen LogP contribution in [0.2, 0.25) is 0 Å². The van der Waals surface area contributed by atoms with Crippen LogP contribution in [0.5, 0.6) is 11.5 Å². The zero-order valence-electron chi connectivity index (χ0n) is 23.2. The number of amides is 3. The number of aliphatic imine (C=N–C) groups is 1. The summed E-state index contributed by atoms with van der Waals surface area (Å²) in [5.41, 5.74) is 1.72. The Morgan fingerprint density at radius 1 is 1.12 bits per heavy atom. The molecule has 0 fully saturated rings. The third kappa shape index (κ3) is 10.5. The lowest BCUT2D eigenvalue weighted by molar-refractivity contribution is -0.145. The van der Waals surface area contributed by atoms with Crippen LogP contribution in [0.3, 0.4) is 0 Å². The Kier molecular flexibility index (Phi) is 14.0. The number of alkyl halides is 3. The summed E-state index contributed by atoms with van der Waals surface area (Å²) in [7, 11) is 3.36. The fourth-order valence-corrected chi connectivity index (χ4v) is 3.28. The number of nitrogens with zero attached hydrogens (tertiary/aromatic N) is 3. The van der Waals surface area contributed by atoms with Crippen LogP contribution in [0, 0.1) is 12.8 Å². The molecule has 0 spiro atoms. The standard InChI is InChI=1S/C26H32F2N4O6.CH3F/c1-16-12-20(8-11-22(16)38-18(3)23(27)28)29-25(31(4)14-19-6-9-21(34)10-7-19)30-26(36)32(15-33)13-17(2)24(35)37-5;1-2/h6-12,15,17-18,23,34H,13-14H2,1-5H3,(H,29,30,36);1H3/t17-,18?;/m0./s1. The number of hydrogen-bond donors (Lipinski definition) is 2. The summed E-state index contributed by atoms with van der Waals surface area (Å²) in [6.07, 6.45) is -3.64. The number of halogens is 3. The lowest BCUT2D eigenvalue weighted by atomic mass is 10.2. The SMILES string of the molecule is CF.COC(=O)[C@@H](C)CN(C=O)C(=O)NC(=Nc1ccc(OC(C)C(F)F)c(C)c1)N(C)Cc1ccc(O)cc1. The van der Waals surface area contributed by atoms with Gasteiger partial charge in [0.15, 0.2) is 6.10 Å². The molecule has 0 bridgehead atoms. The number of carbonyl (C=O) groups is 3. The van der Waals surface area contributed by atoms with Crippen molar-refractivity contribution in [2.75, 3.05) is 27.9 Å². The highest BCUT2D eigenvalue weighted by Crippen LogP contribution is 2.26. The van der Waals surface area contributed by atoms with Crippen molar-refractivity contribution in [1.82, 2.24) is 15.1 Å². The minimum Gasteiger partial charge on any atom is -0.508 e. The van der Waals surface area contributed by atoms with Gasteiger partial charge in [0.1, 0.15) is 11.5 Å². The second-order valence-electron chi connectivity index (χ2n) is 8.68. The van der Waals surface area contributed by atoms with Gasteiger partial charge in [-0.15, -0.1) is 0 Å². The third-order valence-electron chi connectivity index (χ3n) is 5.46. The number of ether oxygens (including phenoxy) is 2. The molecule has 0 aromatic heterocycles. The van der Waals surface area contributed by atoms with Crippen molar-refractivity contribution in [1.29, 1.82) is 0 Å². The van der Waals surface area contributed by atoms with Crippen LogP contribution >= 0.6 is 0 Å². The molecule has 0 saturated heterocycles. The van der Waals surface area contributed by atoms with Crippen molar-refractivity contribution in [3.8, 4) is 11.5 Å². The van der Waals surface area contributed by atoms with E-state index in [1.54, 1.807) is 37.1 Å². The van der Waals surface area contributed by atoms with Crippen molar-refractivity contribution in [2.24, 2.45) is 10.9 Å². The summed E-state index contributed by atoms with van der Waals surface area (Å²) in [5, 5.41) is 12.1. The van der Waals surface area contributed by atoms with E-state index in [9.17, 15) is 32.7 Å². The third-order valence-corrected chi connectivity index (χ3v) is 5.46. The quantitative estimate of drug-likeness (QED) is 0.188. The van der Waals surface area contributed by atoms with E-state index in [4.69, 9.17) is 4.74 Å². The summed E-state index contributed by atoms with van der Waals surface area (Å²) in [6, 6.07) is 10.2. The van der Waals surface area contributed by atoms with E-state index >= 15 is 0 Å². The smallest absolute Gasteiger partial charge is 0.330 e. The van der Waals surface area contributed by atoms with Crippen LogP contribution in [0.15, 0.2) is 47.5 Å². The Morgan fingerprint density at radius 3 is 2.27 bits per heavy atom. The van der Waals surface area contributed by atoms with E-state index in [-0.39, 0.29) is 30.5 Å². The molecule has 0 radical (unpaired) electrons. The van der Waals surface area contributed by atoms with E-state index in [0.29, 0.717) is 24.8 Å². The molecule has 0 heterocycles. The first kappa shape index (κ1) is 33.7. The number of hydrogen-bond acceptors (Lipinski definition) is 7. The minimum absolute atomic E-state index is 0.0645. The largest absolute Gasteiger partial charge is 0.508 e. The number of phenolic OH excluding ortho intramolecular Hbond substituents is 1. The first-order valence-electron chi connectivity index (χ1n) is 12.1. The van der Waals surface area contributed by atoms with E-state index in [2.05, 4.69) is 15.0 Å². The zero-order chi connectivity index (χ0) is 30.4. The van der Waals surface area contributed by atoms with Crippen LogP contribution in [-0.2, 0) is 20.9 Å². The molecule has 0 saturated carbocycles. The topological polar surface area (TPSA) is 121 Å². The van der Waals surface area contributed by atoms with Gasteiger partial charge in [-0.05, 0) is 55.3 Å². The van der Waals surface area contributed by atoms with Crippen molar-refractivity contribution in [2.45, 2.75) is 39.8 Å². The molecule has 2 atom stereocenters. The number of rotatable bonds is 10. The predicted octanol–water partition coefficient (Wildman–Crippen LogP) is 4.42. The molecule has 3 amide bonds. The Hall–Kier alpha value is -4.29. The molecule has 2 rings (SSSR count). The van der Waals surface area contributed by atoms with Gasteiger partial charge < -0.3 is 19.5 Å². The van der Waals surface area contributed by atoms with Crippen LogP contribution in [-0.4, -0.2) is 79.7 Å². The van der Waals surface area contributed by atoms with Gasteiger partial charge in [0.25, 0.3) is 6.43 Å². The average Bonchev–Trinajstić information content (AvgIpc) is 2.94. The van der Waals surface area contributed by atoms with Gasteiger partial charge in [-0.3, -0.25) is 24.2 Å². The molecule has 2 aromatic rings. The van der Waals surface area contributed by atoms with Crippen molar-refractivity contribution in [3.63, 3.8) is 0 Å². The van der Waals surface area contributed by atoms with Crippen LogP contribution < -0.4 is 10.1 Å². The molecule has 13 heteroatoms. The molecule has 0 aliphatic heterocycles. The Balaban J connectivity index is 0.00000391. The first-order chi connectivity index (χ1) is 18.9. The number of guanidine groups is 1. The van der Waals surface area contributed by atoms with Crippen LogP contribution in [0.25, 0.3) is 0 Å². The number of methoxy groups -OCH3 is 1. The van der Waals surface area contributed by atoms with Crippen molar-refractivity contribution in [3.05, 3.63) is 53.6 Å². The molecule has 0 aliphatic rings. The maximum Gasteiger partial charge on any atom is 0.330 e. The number of urea groups is 1. The van der Waals surface area contributed by atoms with Gasteiger partial charge in [0.2, 0.25) is 12.4 Å². The minimum atomic E-state index is -2.65. The predicted molar refractivity (Wildman–Crippen MR) is 143 cm³/mol. The normalized spacial score (nSPS) is 12.4. The maximum absolute atomic E-state index is 12.9.